The normalized spacial score (nSPS) is 20.2. The molecule has 2 aromatic carbocycles. The molecule has 34 heavy (non-hydrogen) atoms. The first-order valence-electron chi connectivity index (χ1n) is 10.9. The van der Waals surface area contributed by atoms with E-state index in [0.29, 0.717) is 13.0 Å². The van der Waals surface area contributed by atoms with Crippen LogP contribution >= 0.6 is 0 Å². The fourth-order valence-corrected chi connectivity index (χ4v) is 4.96. The minimum absolute atomic E-state index is 0.0464. The number of ether oxygens (including phenoxy) is 1. The van der Waals surface area contributed by atoms with Gasteiger partial charge in [0.05, 0.1) is 6.04 Å². The highest BCUT2D eigenvalue weighted by Gasteiger charge is 2.40. The lowest BCUT2D eigenvalue weighted by atomic mass is 9.96. The van der Waals surface area contributed by atoms with Gasteiger partial charge >= 0.3 is 6.09 Å². The van der Waals surface area contributed by atoms with Crippen LogP contribution in [0.2, 0.25) is 0 Å². The van der Waals surface area contributed by atoms with Crippen molar-refractivity contribution in [2.24, 2.45) is 4.36 Å². The summed E-state index contributed by atoms with van der Waals surface area (Å²) in [5.41, 5.74) is -0.351. The van der Waals surface area contributed by atoms with Gasteiger partial charge in [0, 0.05) is 37.5 Å². The van der Waals surface area contributed by atoms with Crippen LogP contribution in [0.25, 0.3) is 11.1 Å². The molecule has 1 aliphatic heterocycles. The third-order valence-corrected chi connectivity index (χ3v) is 7.01. The topological polar surface area (TPSA) is 71.0 Å². The Morgan fingerprint density at radius 1 is 1.21 bits per heavy atom. The Morgan fingerprint density at radius 3 is 2.44 bits per heavy atom. The summed E-state index contributed by atoms with van der Waals surface area (Å²) in [6, 6.07) is 6.44. The van der Waals surface area contributed by atoms with E-state index in [1.807, 2.05) is 0 Å². The van der Waals surface area contributed by atoms with Crippen LogP contribution in [0.4, 0.5) is 18.0 Å². The molecule has 0 aliphatic carbocycles. The Hall–Kier alpha value is -2.59. The largest absolute Gasteiger partial charge is 0.444 e. The summed E-state index contributed by atoms with van der Waals surface area (Å²) in [6.07, 6.45) is 1.45. The fraction of sp³-hybridized carbons (Fsp3) is 0.458. The standard InChI is InChI=1S/C24H30F3N3O3S/c1-24(2,3)33-23(31)30-10-9-20(29-34(5,32)28-4)21(30)13-15-7-6-8-19(22(15)27)16-11-17(25)14-18(26)12-16/h6-8,11-12,14,20-21H,9-10,13H2,1-5H3,(H,28,29,32)/t20-,21-,34?/m0/s1. The molecule has 6 nitrogen and oxygen atoms in total. The van der Waals surface area contributed by atoms with Crippen molar-refractivity contribution in [3.8, 4) is 11.1 Å². The van der Waals surface area contributed by atoms with Crippen LogP contribution in [0.1, 0.15) is 32.8 Å². The van der Waals surface area contributed by atoms with Gasteiger partial charge in [-0.1, -0.05) is 18.2 Å². The maximum atomic E-state index is 15.5. The van der Waals surface area contributed by atoms with E-state index in [2.05, 4.69) is 9.08 Å². The number of benzene rings is 2. The monoisotopic (exact) mass is 497 g/mol. The van der Waals surface area contributed by atoms with Crippen molar-refractivity contribution in [2.75, 3.05) is 19.8 Å². The third-order valence-electron chi connectivity index (χ3n) is 5.57. The van der Waals surface area contributed by atoms with Gasteiger partial charge in [-0.15, -0.1) is 0 Å². The highest BCUT2D eigenvalue weighted by atomic mass is 32.2. The zero-order chi connectivity index (χ0) is 25.3. The SMILES string of the molecule is CN=S(C)(=O)N[C@H]1CCN(C(=O)OC(C)(C)C)[C@H]1Cc1cccc(-c2cc(F)cc(F)c2)c1F. The molecule has 1 fully saturated rings. The van der Waals surface area contributed by atoms with Gasteiger partial charge in [0.2, 0.25) is 0 Å². The first-order chi connectivity index (χ1) is 15.8. The van der Waals surface area contributed by atoms with E-state index in [9.17, 15) is 17.8 Å². The Morgan fingerprint density at radius 2 is 1.85 bits per heavy atom. The molecule has 1 heterocycles. The van der Waals surface area contributed by atoms with Gasteiger partial charge in [-0.05, 0) is 56.9 Å². The number of carbonyl (C=O) groups excluding carboxylic acids is 1. The molecule has 1 N–H and O–H groups in total. The van der Waals surface area contributed by atoms with Gasteiger partial charge in [0.1, 0.15) is 33.0 Å². The second kappa shape index (κ2) is 9.95. The van der Waals surface area contributed by atoms with E-state index in [1.165, 1.54) is 24.3 Å². The smallest absolute Gasteiger partial charge is 0.410 e. The Labute approximate surface area is 198 Å². The third kappa shape index (κ3) is 6.29. The molecular weight excluding hydrogens is 467 g/mol. The zero-order valence-corrected chi connectivity index (χ0v) is 20.7. The first-order valence-corrected chi connectivity index (χ1v) is 12.8. The quantitative estimate of drug-likeness (QED) is 0.637. The Kier molecular flexibility index (Phi) is 7.62. The van der Waals surface area contributed by atoms with Gasteiger partial charge in [0.15, 0.2) is 0 Å². The second-order valence-corrected chi connectivity index (χ2v) is 11.6. The zero-order valence-electron chi connectivity index (χ0n) is 19.9. The molecule has 3 atom stereocenters. The van der Waals surface area contributed by atoms with E-state index in [-0.39, 0.29) is 23.1 Å². The molecule has 1 saturated heterocycles. The van der Waals surface area contributed by atoms with Crippen LogP contribution < -0.4 is 4.72 Å². The number of hydrogen-bond donors (Lipinski definition) is 1. The van der Waals surface area contributed by atoms with E-state index >= 15 is 4.39 Å². The molecule has 1 aliphatic rings. The van der Waals surface area contributed by atoms with Gasteiger partial charge < -0.3 is 9.64 Å². The summed E-state index contributed by atoms with van der Waals surface area (Å²) >= 11 is 0. The number of carbonyl (C=O) groups is 1. The van der Waals surface area contributed by atoms with Gasteiger partial charge in [-0.25, -0.2) is 31.3 Å². The lowest BCUT2D eigenvalue weighted by molar-refractivity contribution is 0.0218. The fourth-order valence-electron chi connectivity index (χ4n) is 4.02. The minimum Gasteiger partial charge on any atom is -0.444 e. The first kappa shape index (κ1) is 26.0. The maximum absolute atomic E-state index is 15.5. The van der Waals surface area contributed by atoms with Crippen molar-refractivity contribution in [1.82, 2.24) is 9.62 Å². The molecule has 10 heteroatoms. The maximum Gasteiger partial charge on any atom is 0.410 e. The Balaban J connectivity index is 1.98. The molecule has 0 saturated carbocycles. The van der Waals surface area contributed by atoms with Crippen LogP contribution in [-0.2, 0) is 21.1 Å². The van der Waals surface area contributed by atoms with Crippen molar-refractivity contribution >= 4 is 16.0 Å². The number of nitrogens with zero attached hydrogens (tertiary/aromatic N) is 2. The van der Waals surface area contributed by atoms with Gasteiger partial charge in [0.25, 0.3) is 0 Å². The summed E-state index contributed by atoms with van der Waals surface area (Å²) in [5.74, 6) is -2.26. The number of nitrogens with one attached hydrogen (secondary N) is 1. The van der Waals surface area contributed by atoms with Crippen molar-refractivity contribution in [2.45, 2.75) is 51.3 Å². The summed E-state index contributed by atoms with van der Waals surface area (Å²) in [6.45, 7) is 5.58. The Bertz CT molecular complexity index is 1170. The predicted molar refractivity (Wildman–Crippen MR) is 126 cm³/mol. The van der Waals surface area contributed by atoms with Crippen molar-refractivity contribution < 1.29 is 26.9 Å². The van der Waals surface area contributed by atoms with Crippen LogP contribution in [-0.4, -0.2) is 52.7 Å². The highest BCUT2D eigenvalue weighted by Crippen LogP contribution is 2.30. The molecule has 2 aromatic rings. The summed E-state index contributed by atoms with van der Waals surface area (Å²) in [7, 11) is -1.28. The molecule has 0 aromatic heterocycles. The highest BCUT2D eigenvalue weighted by molar-refractivity contribution is 7.91. The number of likely N-dealkylation sites (tertiary alicyclic amines) is 1. The van der Waals surface area contributed by atoms with Crippen LogP contribution in [0.5, 0.6) is 0 Å². The lowest BCUT2D eigenvalue weighted by Gasteiger charge is -2.31. The average Bonchev–Trinajstić information content (AvgIpc) is 3.09. The molecule has 1 amide bonds. The molecule has 0 spiro atoms. The van der Waals surface area contributed by atoms with Gasteiger partial charge in [-0.2, -0.15) is 0 Å². The lowest BCUT2D eigenvalue weighted by Crippen LogP contribution is -2.48. The van der Waals surface area contributed by atoms with Crippen molar-refractivity contribution in [1.29, 1.82) is 0 Å². The molecule has 1 unspecified atom stereocenters. The van der Waals surface area contributed by atoms with Crippen LogP contribution in [0.15, 0.2) is 40.8 Å². The van der Waals surface area contributed by atoms with E-state index < -0.39 is 51.1 Å². The summed E-state index contributed by atoms with van der Waals surface area (Å²) in [4.78, 5) is 14.4. The van der Waals surface area contributed by atoms with E-state index in [1.54, 1.807) is 32.9 Å². The van der Waals surface area contributed by atoms with E-state index in [0.717, 1.165) is 18.2 Å². The van der Waals surface area contributed by atoms with Crippen LogP contribution in [0, 0.1) is 17.5 Å². The number of amides is 1. The molecular formula is C24H30F3N3O3S. The number of halogens is 3. The van der Waals surface area contributed by atoms with Crippen molar-refractivity contribution in [3.05, 3.63) is 59.4 Å². The van der Waals surface area contributed by atoms with Crippen LogP contribution in [0.3, 0.4) is 0 Å². The van der Waals surface area contributed by atoms with Gasteiger partial charge in [-0.3, -0.25) is 0 Å². The number of rotatable bonds is 5. The van der Waals surface area contributed by atoms with Crippen molar-refractivity contribution in [3.63, 3.8) is 0 Å². The number of hydrogen-bond acceptors (Lipinski definition) is 4. The summed E-state index contributed by atoms with van der Waals surface area (Å²) in [5, 5.41) is 0. The second-order valence-electron chi connectivity index (χ2n) is 9.38. The predicted octanol–water partition coefficient (Wildman–Crippen LogP) is 4.92. The summed E-state index contributed by atoms with van der Waals surface area (Å²) < 4.78 is 68.0. The molecule has 3 rings (SSSR count). The molecule has 0 radical (unpaired) electrons. The average molecular weight is 498 g/mol. The van der Waals surface area contributed by atoms with E-state index in [4.69, 9.17) is 4.74 Å². The molecule has 186 valence electrons. The minimum atomic E-state index is -2.71. The molecule has 0 bridgehead atoms.